The fourth-order valence-corrected chi connectivity index (χ4v) is 2.85. The Labute approximate surface area is 125 Å². The number of nitrogens with two attached hydrogens (primary N) is 1. The maximum atomic E-state index is 11.9. The largest absolute Gasteiger partial charge is 0.389 e. The average molecular weight is 291 g/mol. The third-order valence-corrected chi connectivity index (χ3v) is 4.21. The van der Waals surface area contributed by atoms with Crippen LogP contribution >= 0.6 is 12.2 Å². The van der Waals surface area contributed by atoms with Crippen LogP contribution in [0, 0.1) is 5.41 Å². The number of thiocarbonyl (C=S) groups is 1. The van der Waals surface area contributed by atoms with Crippen LogP contribution in [-0.4, -0.2) is 35.9 Å². The van der Waals surface area contributed by atoms with Gasteiger partial charge in [0.1, 0.15) is 4.99 Å². The summed E-state index contributed by atoms with van der Waals surface area (Å²) in [6.45, 7) is 4.62. The summed E-state index contributed by atoms with van der Waals surface area (Å²) >= 11 is 4.94. The molecule has 1 saturated heterocycles. The number of nitrogens with zero attached hydrogens (tertiary/aromatic N) is 1. The number of benzene rings is 1. The highest BCUT2D eigenvalue weighted by Gasteiger charge is 2.39. The quantitative estimate of drug-likeness (QED) is 0.821. The zero-order chi connectivity index (χ0) is 14.8. The van der Waals surface area contributed by atoms with Crippen molar-refractivity contribution in [1.82, 2.24) is 10.2 Å². The van der Waals surface area contributed by atoms with Crippen molar-refractivity contribution in [2.24, 2.45) is 11.1 Å². The molecule has 1 aliphatic heterocycles. The zero-order valence-corrected chi connectivity index (χ0v) is 12.8. The number of hydrogen-bond donors (Lipinski definition) is 2. The number of likely N-dealkylation sites (tertiary alicyclic amines) is 1. The molecule has 0 spiro atoms. The van der Waals surface area contributed by atoms with E-state index in [0.29, 0.717) is 4.99 Å². The van der Waals surface area contributed by atoms with Crippen LogP contribution in [0.15, 0.2) is 24.3 Å². The first kappa shape index (κ1) is 14.9. The van der Waals surface area contributed by atoms with Crippen molar-refractivity contribution >= 4 is 23.1 Å². The second kappa shape index (κ2) is 5.89. The lowest BCUT2D eigenvalue weighted by Crippen LogP contribution is -2.39. The summed E-state index contributed by atoms with van der Waals surface area (Å²) in [5.41, 5.74) is 7.42. The zero-order valence-electron chi connectivity index (χ0n) is 12.0. The van der Waals surface area contributed by atoms with Gasteiger partial charge >= 0.3 is 0 Å². The lowest BCUT2D eigenvalue weighted by molar-refractivity contribution is -0.129. The lowest BCUT2D eigenvalue weighted by Gasteiger charge is -2.22. The van der Waals surface area contributed by atoms with Gasteiger partial charge in [-0.05, 0) is 25.5 Å². The lowest BCUT2D eigenvalue weighted by atomic mass is 9.89. The Morgan fingerprint density at radius 3 is 2.65 bits per heavy atom. The summed E-state index contributed by atoms with van der Waals surface area (Å²) in [6.07, 6.45) is 0.900. The van der Waals surface area contributed by atoms with Crippen LogP contribution in [0.1, 0.15) is 24.5 Å². The second-order valence-corrected chi connectivity index (χ2v) is 6.10. The first-order valence-electron chi connectivity index (χ1n) is 6.78. The predicted molar refractivity (Wildman–Crippen MR) is 84.4 cm³/mol. The van der Waals surface area contributed by atoms with Crippen LogP contribution in [0.25, 0.3) is 0 Å². The molecular formula is C15H21N3OS. The van der Waals surface area contributed by atoms with E-state index in [1.807, 2.05) is 31.2 Å². The summed E-state index contributed by atoms with van der Waals surface area (Å²) in [5.74, 6) is 0.129. The van der Waals surface area contributed by atoms with Gasteiger partial charge in [0.2, 0.25) is 5.91 Å². The van der Waals surface area contributed by atoms with Crippen LogP contribution in [0.4, 0.5) is 0 Å². The Morgan fingerprint density at radius 2 is 2.10 bits per heavy atom. The smallest absolute Gasteiger partial charge is 0.227 e. The first-order valence-corrected chi connectivity index (χ1v) is 7.19. The van der Waals surface area contributed by atoms with Gasteiger partial charge in [-0.3, -0.25) is 9.69 Å². The minimum atomic E-state index is -0.270. The molecular weight excluding hydrogens is 270 g/mol. The first-order chi connectivity index (χ1) is 9.44. The van der Waals surface area contributed by atoms with Crippen LogP contribution < -0.4 is 11.1 Å². The molecule has 2 rings (SSSR count). The van der Waals surface area contributed by atoms with E-state index in [4.69, 9.17) is 18.0 Å². The Morgan fingerprint density at radius 1 is 1.45 bits per heavy atom. The van der Waals surface area contributed by atoms with Crippen molar-refractivity contribution in [1.29, 1.82) is 0 Å². The summed E-state index contributed by atoms with van der Waals surface area (Å²) in [6, 6.07) is 7.99. The number of carbonyl (C=O) groups is 1. The summed E-state index contributed by atoms with van der Waals surface area (Å²) in [7, 11) is 1.70. The normalized spacial score (nSPS) is 22.7. The molecule has 20 heavy (non-hydrogen) atoms. The van der Waals surface area contributed by atoms with Crippen molar-refractivity contribution in [2.75, 3.05) is 20.1 Å². The molecule has 1 heterocycles. The predicted octanol–water partition coefficient (Wildman–Crippen LogP) is 1.28. The number of carbonyl (C=O) groups excluding carboxylic acids is 1. The van der Waals surface area contributed by atoms with Gasteiger partial charge < -0.3 is 11.1 Å². The molecule has 3 N–H and O–H groups in total. The molecule has 1 aromatic rings. The minimum absolute atomic E-state index is 0.129. The number of amides is 1. The van der Waals surface area contributed by atoms with E-state index in [1.54, 1.807) is 7.05 Å². The number of rotatable bonds is 4. The van der Waals surface area contributed by atoms with Gasteiger partial charge in [-0.2, -0.15) is 0 Å². The van der Waals surface area contributed by atoms with E-state index in [0.717, 1.165) is 31.6 Å². The molecule has 4 nitrogen and oxygen atoms in total. The van der Waals surface area contributed by atoms with Gasteiger partial charge in [-0.25, -0.2) is 0 Å². The molecule has 1 unspecified atom stereocenters. The Bertz CT molecular complexity index is 514. The van der Waals surface area contributed by atoms with Gasteiger partial charge in [-0.1, -0.05) is 36.5 Å². The highest BCUT2D eigenvalue weighted by molar-refractivity contribution is 7.80. The third kappa shape index (κ3) is 3.16. The minimum Gasteiger partial charge on any atom is -0.389 e. The molecule has 1 amide bonds. The van der Waals surface area contributed by atoms with E-state index in [9.17, 15) is 4.79 Å². The Kier molecular flexibility index (Phi) is 4.40. The molecule has 1 aliphatic rings. The SMILES string of the molecule is CNC(=O)C1(C)CCN(Cc2ccc(C(N)=S)cc2)C1. The van der Waals surface area contributed by atoms with Crippen molar-refractivity contribution in [3.05, 3.63) is 35.4 Å². The molecule has 1 fully saturated rings. The van der Waals surface area contributed by atoms with Gasteiger partial charge in [0, 0.05) is 25.7 Å². The van der Waals surface area contributed by atoms with Gasteiger partial charge in [0.15, 0.2) is 0 Å². The molecule has 5 heteroatoms. The topological polar surface area (TPSA) is 58.4 Å². The second-order valence-electron chi connectivity index (χ2n) is 5.66. The van der Waals surface area contributed by atoms with Crippen molar-refractivity contribution in [2.45, 2.75) is 19.9 Å². The standard InChI is InChI=1S/C15H21N3OS/c1-15(14(19)17-2)7-8-18(10-15)9-11-3-5-12(6-4-11)13(16)20/h3-6H,7-10H2,1-2H3,(H2,16,20)(H,17,19). The molecule has 0 radical (unpaired) electrons. The number of hydrogen-bond acceptors (Lipinski definition) is 3. The third-order valence-electron chi connectivity index (χ3n) is 3.97. The van der Waals surface area contributed by atoms with Crippen LogP contribution in [0.5, 0.6) is 0 Å². The van der Waals surface area contributed by atoms with Crippen LogP contribution in [-0.2, 0) is 11.3 Å². The molecule has 0 bridgehead atoms. The molecule has 1 aromatic carbocycles. The monoisotopic (exact) mass is 291 g/mol. The fraction of sp³-hybridized carbons (Fsp3) is 0.467. The van der Waals surface area contributed by atoms with Gasteiger partial charge in [-0.15, -0.1) is 0 Å². The van der Waals surface area contributed by atoms with E-state index < -0.39 is 0 Å². The average Bonchev–Trinajstić information content (AvgIpc) is 2.81. The van der Waals surface area contributed by atoms with E-state index >= 15 is 0 Å². The van der Waals surface area contributed by atoms with E-state index in [2.05, 4.69) is 10.2 Å². The maximum Gasteiger partial charge on any atom is 0.227 e. The highest BCUT2D eigenvalue weighted by Crippen LogP contribution is 2.30. The van der Waals surface area contributed by atoms with Crippen molar-refractivity contribution in [3.8, 4) is 0 Å². The van der Waals surface area contributed by atoms with E-state index in [-0.39, 0.29) is 11.3 Å². The van der Waals surface area contributed by atoms with E-state index in [1.165, 1.54) is 5.56 Å². The summed E-state index contributed by atoms with van der Waals surface area (Å²) in [5, 5.41) is 2.76. The fourth-order valence-electron chi connectivity index (χ4n) is 2.71. The molecule has 1 atom stereocenters. The number of nitrogens with one attached hydrogen (secondary N) is 1. The van der Waals surface area contributed by atoms with Gasteiger partial charge in [0.05, 0.1) is 5.41 Å². The summed E-state index contributed by atoms with van der Waals surface area (Å²) < 4.78 is 0. The maximum absolute atomic E-state index is 11.9. The molecule has 0 aliphatic carbocycles. The van der Waals surface area contributed by atoms with Crippen molar-refractivity contribution < 1.29 is 4.79 Å². The molecule has 108 valence electrons. The van der Waals surface area contributed by atoms with Crippen LogP contribution in [0.2, 0.25) is 0 Å². The Hall–Kier alpha value is -1.46. The highest BCUT2D eigenvalue weighted by atomic mass is 32.1. The van der Waals surface area contributed by atoms with Gasteiger partial charge in [0.25, 0.3) is 0 Å². The Balaban J connectivity index is 1.98. The molecule has 0 aromatic heterocycles. The van der Waals surface area contributed by atoms with Crippen molar-refractivity contribution in [3.63, 3.8) is 0 Å². The molecule has 0 saturated carbocycles. The van der Waals surface area contributed by atoms with Crippen LogP contribution in [0.3, 0.4) is 0 Å². The summed E-state index contributed by atoms with van der Waals surface area (Å²) in [4.78, 5) is 14.6.